The van der Waals surface area contributed by atoms with Gasteiger partial charge in [0.15, 0.2) is 5.82 Å². The van der Waals surface area contributed by atoms with E-state index in [9.17, 15) is 9.59 Å². The molecule has 9 nitrogen and oxygen atoms in total. The average molecular weight is 660 g/mol. The van der Waals surface area contributed by atoms with Crippen molar-refractivity contribution >= 4 is 61.9 Å². The van der Waals surface area contributed by atoms with Crippen LogP contribution in [0.4, 0.5) is 10.6 Å². The van der Waals surface area contributed by atoms with E-state index in [2.05, 4.69) is 29.2 Å². The summed E-state index contributed by atoms with van der Waals surface area (Å²) in [6, 6.07) is 16.1. The Labute approximate surface area is 277 Å². The van der Waals surface area contributed by atoms with Gasteiger partial charge in [-0.2, -0.15) is 5.10 Å². The number of likely N-dealkylation sites (N-methyl/N-ethyl adjacent to an activating group) is 1. The van der Waals surface area contributed by atoms with E-state index < -0.39 is 5.60 Å². The molecule has 0 radical (unpaired) electrons. The first-order valence-electron chi connectivity index (χ1n) is 15.4. The number of carbonyl (C=O) groups is 2. The van der Waals surface area contributed by atoms with Crippen LogP contribution < -0.4 is 4.90 Å². The molecule has 11 heteroatoms. The van der Waals surface area contributed by atoms with Crippen molar-refractivity contribution in [1.29, 1.82) is 0 Å². The van der Waals surface area contributed by atoms with Gasteiger partial charge in [-0.05, 0) is 87.7 Å². The lowest BCUT2D eigenvalue weighted by Gasteiger charge is -2.44. The third-order valence-electron chi connectivity index (χ3n) is 8.24. The van der Waals surface area contributed by atoms with Gasteiger partial charge in [0.1, 0.15) is 10.6 Å². The topological polar surface area (TPSA) is 89.8 Å². The summed E-state index contributed by atoms with van der Waals surface area (Å²) in [4.78, 5) is 34.2. The first-order valence-corrected chi connectivity index (χ1v) is 16.5. The number of nitrogens with zero attached hydrogens (tertiary/aromatic N) is 5. The fraction of sp³-hybridized carbons (Fsp3) is 0.371. The van der Waals surface area contributed by atoms with E-state index in [0.717, 1.165) is 59.8 Å². The Balaban J connectivity index is 1.36. The molecule has 6 rings (SSSR count). The smallest absolute Gasteiger partial charge is 0.410 e. The number of halogens is 1. The van der Waals surface area contributed by atoms with E-state index in [1.807, 2.05) is 70.6 Å². The Morgan fingerprint density at radius 2 is 1.78 bits per heavy atom. The van der Waals surface area contributed by atoms with Gasteiger partial charge in [0.25, 0.3) is 0 Å². The zero-order valence-corrected chi connectivity index (χ0v) is 28.8. The molecule has 240 valence electrons. The van der Waals surface area contributed by atoms with Crippen molar-refractivity contribution in [3.05, 3.63) is 64.7 Å². The SMILES string of the molecule is CCOC(=O)Cc1c(C)cc2nc(-c3ccc4c(c3)c(N3CC(N(C)C(=O)OC(C)(C)C)C3)nn4C)sc2c1-c1ccc(Cl)cc1. The minimum Gasteiger partial charge on any atom is -0.466 e. The standard InChI is InChI=1S/C35H38ClN5O4S/c1-8-44-29(42)17-25-20(2)15-27-31(30(25)21-9-12-23(36)13-10-21)46-33(37-27)22-11-14-28-26(16-22)32(38-40(28)7)41-18-24(19-41)39(6)34(43)45-35(3,4)5/h9-16,24H,8,17-19H2,1-7H3. The van der Waals surface area contributed by atoms with Gasteiger partial charge >= 0.3 is 12.1 Å². The second-order valence-electron chi connectivity index (χ2n) is 12.7. The molecule has 3 aromatic carbocycles. The highest BCUT2D eigenvalue weighted by molar-refractivity contribution is 7.22. The van der Waals surface area contributed by atoms with Crippen LogP contribution in [0.2, 0.25) is 5.02 Å². The Hall–Kier alpha value is -4.15. The zero-order valence-electron chi connectivity index (χ0n) is 27.2. The average Bonchev–Trinajstić information content (AvgIpc) is 3.53. The van der Waals surface area contributed by atoms with E-state index in [1.54, 1.807) is 23.3 Å². The van der Waals surface area contributed by atoms with E-state index >= 15 is 0 Å². The largest absolute Gasteiger partial charge is 0.466 e. The minimum atomic E-state index is -0.542. The summed E-state index contributed by atoms with van der Waals surface area (Å²) in [7, 11) is 3.73. The van der Waals surface area contributed by atoms with Crippen LogP contribution >= 0.6 is 22.9 Å². The minimum absolute atomic E-state index is 0.0395. The zero-order chi connectivity index (χ0) is 32.9. The van der Waals surface area contributed by atoms with Gasteiger partial charge in [-0.3, -0.25) is 9.48 Å². The molecule has 46 heavy (non-hydrogen) atoms. The molecule has 1 aliphatic rings. The second kappa shape index (κ2) is 12.2. The van der Waals surface area contributed by atoms with Crippen LogP contribution in [-0.2, 0) is 27.7 Å². The summed E-state index contributed by atoms with van der Waals surface area (Å²) in [6.07, 6.45) is -0.147. The lowest BCUT2D eigenvalue weighted by molar-refractivity contribution is -0.142. The Morgan fingerprint density at radius 1 is 1.09 bits per heavy atom. The summed E-state index contributed by atoms with van der Waals surface area (Å²) >= 11 is 7.85. The van der Waals surface area contributed by atoms with E-state index in [1.165, 1.54) is 0 Å². The lowest BCUT2D eigenvalue weighted by Crippen LogP contribution is -2.60. The molecule has 1 fully saturated rings. The Morgan fingerprint density at radius 3 is 2.46 bits per heavy atom. The summed E-state index contributed by atoms with van der Waals surface area (Å²) in [5.74, 6) is 0.619. The molecule has 0 spiro atoms. The van der Waals surface area contributed by atoms with Crippen molar-refractivity contribution < 1.29 is 19.1 Å². The number of thiazole rings is 1. The number of carbonyl (C=O) groups excluding carboxylic acids is 2. The molecule has 1 amide bonds. The number of hydrogen-bond acceptors (Lipinski definition) is 8. The second-order valence-corrected chi connectivity index (χ2v) is 14.2. The fourth-order valence-electron chi connectivity index (χ4n) is 5.83. The van der Waals surface area contributed by atoms with Gasteiger partial charge in [0.05, 0.1) is 34.8 Å². The van der Waals surface area contributed by atoms with Crippen LogP contribution in [0.1, 0.15) is 38.8 Å². The summed E-state index contributed by atoms with van der Waals surface area (Å²) in [5, 5.41) is 7.40. The monoisotopic (exact) mass is 659 g/mol. The molecule has 1 aliphatic heterocycles. The summed E-state index contributed by atoms with van der Waals surface area (Å²) in [5.41, 5.74) is 6.19. The van der Waals surface area contributed by atoms with Crippen molar-refractivity contribution in [3.63, 3.8) is 0 Å². The van der Waals surface area contributed by atoms with Crippen LogP contribution in [-0.4, -0.2) is 70.1 Å². The number of benzene rings is 3. The number of aryl methyl sites for hydroxylation is 2. The molecule has 0 atom stereocenters. The van der Waals surface area contributed by atoms with Crippen LogP contribution in [0.3, 0.4) is 0 Å². The molecular weight excluding hydrogens is 622 g/mol. The number of anilines is 1. The maximum Gasteiger partial charge on any atom is 0.410 e. The molecule has 2 aromatic heterocycles. The predicted molar refractivity (Wildman–Crippen MR) is 185 cm³/mol. The number of aromatic nitrogens is 3. The van der Waals surface area contributed by atoms with Crippen molar-refractivity contribution in [2.24, 2.45) is 7.05 Å². The summed E-state index contributed by atoms with van der Waals surface area (Å²) < 4.78 is 13.8. The molecule has 0 unspecified atom stereocenters. The Kier molecular flexibility index (Phi) is 8.45. The highest BCUT2D eigenvalue weighted by Gasteiger charge is 2.36. The molecule has 0 bridgehead atoms. The van der Waals surface area contributed by atoms with E-state index in [-0.39, 0.29) is 24.5 Å². The van der Waals surface area contributed by atoms with Gasteiger partial charge in [0.2, 0.25) is 0 Å². The maximum atomic E-state index is 12.7. The number of ether oxygens (including phenoxy) is 2. The molecule has 0 N–H and O–H groups in total. The van der Waals surface area contributed by atoms with Crippen molar-refractivity contribution in [1.82, 2.24) is 19.7 Å². The quantitative estimate of drug-likeness (QED) is 0.166. The highest BCUT2D eigenvalue weighted by Crippen LogP contribution is 2.42. The van der Waals surface area contributed by atoms with E-state index in [0.29, 0.717) is 24.7 Å². The van der Waals surface area contributed by atoms with Crippen LogP contribution in [0.25, 0.3) is 42.8 Å². The maximum absolute atomic E-state index is 12.7. The van der Waals surface area contributed by atoms with Crippen LogP contribution in [0.15, 0.2) is 48.5 Å². The van der Waals surface area contributed by atoms with Gasteiger partial charge < -0.3 is 19.3 Å². The van der Waals surface area contributed by atoms with Crippen molar-refractivity contribution in [2.45, 2.75) is 52.7 Å². The number of amides is 1. The number of esters is 1. The van der Waals surface area contributed by atoms with E-state index in [4.69, 9.17) is 31.2 Å². The fourth-order valence-corrected chi connectivity index (χ4v) is 7.10. The van der Waals surface area contributed by atoms with Gasteiger partial charge in [0, 0.05) is 48.7 Å². The third kappa shape index (κ3) is 6.16. The first-order chi connectivity index (χ1) is 21.8. The summed E-state index contributed by atoms with van der Waals surface area (Å²) in [6.45, 7) is 11.1. The molecular formula is C35H38ClN5O4S. The number of fused-ring (bicyclic) bond motifs is 2. The third-order valence-corrected chi connectivity index (χ3v) is 9.63. The van der Waals surface area contributed by atoms with Crippen LogP contribution in [0.5, 0.6) is 0 Å². The highest BCUT2D eigenvalue weighted by atomic mass is 35.5. The van der Waals surface area contributed by atoms with Gasteiger partial charge in [-0.1, -0.05) is 23.7 Å². The molecule has 0 saturated carbocycles. The van der Waals surface area contributed by atoms with Crippen molar-refractivity contribution in [2.75, 3.05) is 31.6 Å². The molecule has 5 aromatic rings. The van der Waals surface area contributed by atoms with Gasteiger partial charge in [-0.25, -0.2) is 9.78 Å². The molecule has 0 aliphatic carbocycles. The van der Waals surface area contributed by atoms with Crippen molar-refractivity contribution in [3.8, 4) is 21.7 Å². The lowest BCUT2D eigenvalue weighted by atomic mass is 9.93. The van der Waals surface area contributed by atoms with Crippen LogP contribution in [0, 0.1) is 6.92 Å². The number of hydrogen-bond donors (Lipinski definition) is 0. The molecule has 1 saturated heterocycles. The normalized spacial score (nSPS) is 13.7. The Bertz CT molecular complexity index is 1950. The first kappa shape index (κ1) is 31.8. The number of rotatable bonds is 7. The predicted octanol–water partition coefficient (Wildman–Crippen LogP) is 7.64. The molecule has 3 heterocycles. The van der Waals surface area contributed by atoms with Gasteiger partial charge in [-0.15, -0.1) is 11.3 Å².